The molecule has 3 aromatic rings. The zero-order chi connectivity index (χ0) is 19.2. The normalized spacial score (nSPS) is 10.4. The predicted octanol–water partition coefficient (Wildman–Crippen LogP) is 3.72. The van der Waals surface area contributed by atoms with Gasteiger partial charge in [-0.1, -0.05) is 11.8 Å². The lowest BCUT2D eigenvalue weighted by Gasteiger charge is -2.08. The second-order valence-electron chi connectivity index (χ2n) is 5.61. The number of aromatic nitrogens is 1. The van der Waals surface area contributed by atoms with Crippen molar-refractivity contribution in [3.8, 4) is 5.75 Å². The van der Waals surface area contributed by atoms with Gasteiger partial charge in [0, 0.05) is 27.2 Å². The van der Waals surface area contributed by atoms with Crippen LogP contribution in [-0.4, -0.2) is 23.4 Å². The quantitative estimate of drug-likeness (QED) is 0.631. The van der Waals surface area contributed by atoms with E-state index in [1.165, 1.54) is 0 Å². The van der Waals surface area contributed by atoms with Crippen molar-refractivity contribution in [3.63, 3.8) is 0 Å². The van der Waals surface area contributed by atoms with Gasteiger partial charge in [-0.2, -0.15) is 0 Å². The summed E-state index contributed by atoms with van der Waals surface area (Å²) in [6, 6.07) is 13.8. The van der Waals surface area contributed by atoms with Crippen molar-refractivity contribution in [2.45, 2.75) is 16.2 Å². The van der Waals surface area contributed by atoms with Crippen LogP contribution in [-0.2, 0) is 4.79 Å². The summed E-state index contributed by atoms with van der Waals surface area (Å²) >= 11 is 3.19. The van der Waals surface area contributed by atoms with Crippen LogP contribution in [0.3, 0.4) is 0 Å². The molecular formula is C19H17N3O3S2. The Hall–Kier alpha value is -2.84. The van der Waals surface area contributed by atoms with E-state index in [9.17, 15) is 9.59 Å². The number of thiazole rings is 1. The van der Waals surface area contributed by atoms with E-state index in [4.69, 9.17) is 10.5 Å². The molecule has 2 aromatic carbocycles. The molecular weight excluding hydrogens is 382 g/mol. The summed E-state index contributed by atoms with van der Waals surface area (Å²) < 4.78 is 6.39. The third-order valence-electron chi connectivity index (χ3n) is 3.45. The number of rotatable bonds is 7. The molecule has 0 unspecified atom stereocenters. The summed E-state index contributed by atoms with van der Waals surface area (Å²) in [5.41, 5.74) is 7.26. The highest BCUT2D eigenvalue weighted by molar-refractivity contribution is 8.01. The van der Waals surface area contributed by atoms with E-state index in [1.54, 1.807) is 47.4 Å². The molecule has 0 spiro atoms. The maximum absolute atomic E-state index is 12.0. The topological polar surface area (TPSA) is 94.3 Å². The van der Waals surface area contributed by atoms with Crippen LogP contribution in [0.25, 0.3) is 0 Å². The highest BCUT2D eigenvalue weighted by Gasteiger charge is 2.06. The number of hydrogen-bond donors (Lipinski definition) is 2. The first-order valence-corrected chi connectivity index (χ1v) is 9.72. The number of nitrogens with zero attached hydrogens (tertiary/aromatic N) is 1. The minimum atomic E-state index is -0.508. The Morgan fingerprint density at radius 3 is 2.44 bits per heavy atom. The molecule has 0 saturated heterocycles. The smallest absolute Gasteiger partial charge is 0.262 e. The molecule has 3 N–H and O–H groups in total. The molecule has 0 atom stereocenters. The Morgan fingerprint density at radius 1 is 1.15 bits per heavy atom. The SMILES string of the molecule is Cc1csc(Sc2ccc(NC(=O)COc3ccc(C(N)=O)cc3)cc2)n1. The third-order valence-corrected chi connectivity index (χ3v) is 5.51. The zero-order valence-electron chi connectivity index (χ0n) is 14.5. The molecule has 1 aromatic heterocycles. The van der Waals surface area contributed by atoms with E-state index in [0.717, 1.165) is 14.9 Å². The van der Waals surface area contributed by atoms with Gasteiger partial charge in [0.2, 0.25) is 5.91 Å². The Labute approximate surface area is 164 Å². The summed E-state index contributed by atoms with van der Waals surface area (Å²) in [5, 5.41) is 4.79. The van der Waals surface area contributed by atoms with E-state index in [1.807, 2.05) is 36.6 Å². The summed E-state index contributed by atoms with van der Waals surface area (Å²) in [4.78, 5) is 28.5. The Balaban J connectivity index is 1.49. The average molecular weight is 399 g/mol. The van der Waals surface area contributed by atoms with Crippen LogP contribution in [0.1, 0.15) is 16.1 Å². The van der Waals surface area contributed by atoms with Gasteiger partial charge in [-0.3, -0.25) is 9.59 Å². The number of aryl methyl sites for hydroxylation is 1. The molecule has 0 saturated carbocycles. The Morgan fingerprint density at radius 2 is 1.85 bits per heavy atom. The number of carbonyl (C=O) groups excluding carboxylic acids is 2. The molecule has 3 rings (SSSR count). The van der Waals surface area contributed by atoms with Crippen LogP contribution in [0.2, 0.25) is 0 Å². The van der Waals surface area contributed by atoms with Crippen molar-refractivity contribution in [2.75, 3.05) is 11.9 Å². The van der Waals surface area contributed by atoms with Crippen LogP contribution >= 0.6 is 23.1 Å². The van der Waals surface area contributed by atoms with E-state index < -0.39 is 5.91 Å². The molecule has 0 aliphatic heterocycles. The number of hydrogen-bond acceptors (Lipinski definition) is 6. The number of benzene rings is 2. The van der Waals surface area contributed by atoms with Gasteiger partial charge in [-0.15, -0.1) is 11.3 Å². The third kappa shape index (κ3) is 5.57. The van der Waals surface area contributed by atoms with Crippen molar-refractivity contribution >= 4 is 40.6 Å². The number of anilines is 1. The molecule has 138 valence electrons. The molecule has 0 aliphatic rings. The lowest BCUT2D eigenvalue weighted by Crippen LogP contribution is -2.20. The molecule has 0 bridgehead atoms. The van der Waals surface area contributed by atoms with Gasteiger partial charge in [-0.25, -0.2) is 4.98 Å². The first-order chi connectivity index (χ1) is 13.0. The Bertz CT molecular complexity index is 938. The van der Waals surface area contributed by atoms with Crippen LogP contribution in [0.5, 0.6) is 5.75 Å². The van der Waals surface area contributed by atoms with Crippen LogP contribution in [0, 0.1) is 6.92 Å². The van der Waals surface area contributed by atoms with Gasteiger partial charge in [0.05, 0.1) is 0 Å². The highest BCUT2D eigenvalue weighted by Crippen LogP contribution is 2.30. The van der Waals surface area contributed by atoms with Crippen LogP contribution in [0.15, 0.2) is 63.1 Å². The molecule has 1 heterocycles. The highest BCUT2D eigenvalue weighted by atomic mass is 32.2. The molecule has 0 fully saturated rings. The lowest BCUT2D eigenvalue weighted by atomic mass is 10.2. The maximum Gasteiger partial charge on any atom is 0.262 e. The fraction of sp³-hybridized carbons (Fsp3) is 0.105. The zero-order valence-corrected chi connectivity index (χ0v) is 16.1. The lowest BCUT2D eigenvalue weighted by molar-refractivity contribution is -0.118. The van der Waals surface area contributed by atoms with Crippen molar-refractivity contribution in [3.05, 3.63) is 65.2 Å². The Kier molecular flexibility index (Phi) is 6.10. The van der Waals surface area contributed by atoms with Crippen molar-refractivity contribution in [1.29, 1.82) is 0 Å². The largest absolute Gasteiger partial charge is 0.484 e. The minimum Gasteiger partial charge on any atom is -0.484 e. The van der Waals surface area contributed by atoms with E-state index in [-0.39, 0.29) is 12.5 Å². The number of nitrogens with two attached hydrogens (primary N) is 1. The van der Waals surface area contributed by atoms with Gasteiger partial charge >= 0.3 is 0 Å². The predicted molar refractivity (Wildman–Crippen MR) is 107 cm³/mol. The van der Waals surface area contributed by atoms with Gasteiger partial charge in [0.15, 0.2) is 10.9 Å². The number of ether oxygens (including phenoxy) is 1. The number of nitrogens with one attached hydrogen (secondary N) is 1. The van der Waals surface area contributed by atoms with E-state index in [0.29, 0.717) is 17.0 Å². The number of primary amides is 1. The minimum absolute atomic E-state index is 0.134. The second kappa shape index (κ2) is 8.70. The molecule has 2 amide bonds. The van der Waals surface area contributed by atoms with Crippen molar-refractivity contribution in [2.24, 2.45) is 5.73 Å². The molecule has 27 heavy (non-hydrogen) atoms. The van der Waals surface area contributed by atoms with Crippen LogP contribution in [0.4, 0.5) is 5.69 Å². The van der Waals surface area contributed by atoms with E-state index >= 15 is 0 Å². The summed E-state index contributed by atoms with van der Waals surface area (Å²) in [5.74, 6) is -0.295. The molecule has 8 heteroatoms. The summed E-state index contributed by atoms with van der Waals surface area (Å²) in [6.45, 7) is 1.83. The fourth-order valence-corrected chi connectivity index (χ4v) is 3.96. The van der Waals surface area contributed by atoms with Crippen molar-refractivity contribution in [1.82, 2.24) is 4.98 Å². The first-order valence-electron chi connectivity index (χ1n) is 8.02. The van der Waals surface area contributed by atoms with Crippen molar-refractivity contribution < 1.29 is 14.3 Å². The second-order valence-corrected chi connectivity index (χ2v) is 7.79. The molecule has 0 aliphatic carbocycles. The van der Waals surface area contributed by atoms with Gasteiger partial charge in [-0.05, 0) is 55.5 Å². The number of amides is 2. The first kappa shape index (κ1) is 18.9. The average Bonchev–Trinajstić information content (AvgIpc) is 3.07. The monoisotopic (exact) mass is 399 g/mol. The molecule has 0 radical (unpaired) electrons. The van der Waals surface area contributed by atoms with Gasteiger partial charge in [0.25, 0.3) is 5.91 Å². The van der Waals surface area contributed by atoms with Gasteiger partial charge < -0.3 is 15.8 Å². The fourth-order valence-electron chi connectivity index (χ4n) is 2.15. The van der Waals surface area contributed by atoms with E-state index in [2.05, 4.69) is 10.3 Å². The number of carbonyl (C=O) groups is 2. The summed E-state index contributed by atoms with van der Waals surface area (Å²) in [6.07, 6.45) is 0. The van der Waals surface area contributed by atoms with Gasteiger partial charge in [0.1, 0.15) is 5.75 Å². The molecule has 6 nitrogen and oxygen atoms in total. The maximum atomic E-state index is 12.0. The van der Waals surface area contributed by atoms with Crippen LogP contribution < -0.4 is 15.8 Å². The standard InChI is InChI=1S/C19H17N3O3S2/c1-12-11-26-19(21-12)27-16-8-4-14(5-9-16)22-17(23)10-25-15-6-2-13(3-7-15)18(20)24/h2-9,11H,10H2,1H3,(H2,20,24)(H,22,23). The summed E-state index contributed by atoms with van der Waals surface area (Å²) in [7, 11) is 0.